The Bertz CT molecular complexity index is 141. The fourth-order valence-corrected chi connectivity index (χ4v) is 1.57. The van der Waals surface area contributed by atoms with Crippen LogP contribution < -0.4 is 5.32 Å². The lowest BCUT2D eigenvalue weighted by Gasteiger charge is -2.23. The quantitative estimate of drug-likeness (QED) is 0.733. The van der Waals surface area contributed by atoms with Crippen LogP contribution in [-0.4, -0.2) is 36.6 Å². The van der Waals surface area contributed by atoms with E-state index in [0.717, 1.165) is 13.1 Å². The summed E-state index contributed by atoms with van der Waals surface area (Å²) in [7, 11) is 2.17. The largest absolute Gasteiger partial charge is 0.308 e. The molecule has 1 unspecified atom stereocenters. The van der Waals surface area contributed by atoms with Crippen molar-refractivity contribution in [2.24, 2.45) is 0 Å². The summed E-state index contributed by atoms with van der Waals surface area (Å²) in [6.45, 7) is 13.1. The summed E-state index contributed by atoms with van der Waals surface area (Å²) in [4.78, 5) is 2.35. The highest BCUT2D eigenvalue weighted by molar-refractivity contribution is 4.98. The topological polar surface area (TPSA) is 15.3 Å². The molecule has 2 heteroatoms. The van der Waals surface area contributed by atoms with Gasteiger partial charge in [0.2, 0.25) is 0 Å². The van der Waals surface area contributed by atoms with Crippen molar-refractivity contribution in [3.8, 4) is 0 Å². The van der Waals surface area contributed by atoms with Crippen molar-refractivity contribution in [3.63, 3.8) is 0 Å². The van der Waals surface area contributed by atoms with Gasteiger partial charge in [-0.1, -0.05) is 20.8 Å². The number of hydrogen-bond donors (Lipinski definition) is 1. The molecule has 1 aliphatic rings. The molecule has 0 heterocycles. The maximum atomic E-state index is 3.65. The summed E-state index contributed by atoms with van der Waals surface area (Å²) in [6.07, 6.45) is 2.71. The van der Waals surface area contributed by atoms with Crippen molar-refractivity contribution in [2.75, 3.05) is 20.1 Å². The van der Waals surface area contributed by atoms with Gasteiger partial charge in [0.25, 0.3) is 0 Å². The van der Waals surface area contributed by atoms with Crippen molar-refractivity contribution in [3.05, 3.63) is 0 Å². The van der Waals surface area contributed by atoms with Gasteiger partial charge < -0.3 is 10.2 Å². The van der Waals surface area contributed by atoms with Crippen LogP contribution in [-0.2, 0) is 0 Å². The lowest BCUT2D eigenvalue weighted by Crippen LogP contribution is -2.42. The first-order valence-corrected chi connectivity index (χ1v) is 6.02. The first-order valence-electron chi connectivity index (χ1n) is 6.02. The third-order valence-electron chi connectivity index (χ3n) is 2.72. The molecular formula is C12H28N2. The average molecular weight is 200 g/mol. The molecule has 0 bridgehead atoms. The van der Waals surface area contributed by atoms with Crippen LogP contribution in [0.4, 0.5) is 0 Å². The Morgan fingerprint density at radius 1 is 1.36 bits per heavy atom. The van der Waals surface area contributed by atoms with E-state index >= 15 is 0 Å². The molecule has 0 spiro atoms. The van der Waals surface area contributed by atoms with Gasteiger partial charge in [0.15, 0.2) is 0 Å². The Morgan fingerprint density at radius 3 is 2.21 bits per heavy atom. The molecule has 0 radical (unpaired) electrons. The van der Waals surface area contributed by atoms with Gasteiger partial charge in [-0.05, 0) is 40.3 Å². The third kappa shape index (κ3) is 5.61. The van der Waals surface area contributed by atoms with E-state index in [1.165, 1.54) is 12.8 Å². The van der Waals surface area contributed by atoms with E-state index in [4.69, 9.17) is 0 Å². The fourth-order valence-electron chi connectivity index (χ4n) is 1.57. The molecule has 0 amide bonds. The maximum absolute atomic E-state index is 3.65. The van der Waals surface area contributed by atoms with Gasteiger partial charge in [-0.3, -0.25) is 0 Å². The highest BCUT2D eigenvalue weighted by atomic mass is 15.1. The molecule has 0 aliphatic heterocycles. The minimum absolute atomic E-state index is 0.480. The Kier molecular flexibility index (Phi) is 6.38. The van der Waals surface area contributed by atoms with E-state index in [1.54, 1.807) is 0 Å². The van der Waals surface area contributed by atoms with Gasteiger partial charge in [-0.25, -0.2) is 0 Å². The summed E-state index contributed by atoms with van der Waals surface area (Å²) in [5.74, 6) is 0. The zero-order valence-electron chi connectivity index (χ0n) is 10.9. The number of nitrogens with one attached hydrogen (secondary N) is 1. The second-order valence-corrected chi connectivity index (χ2v) is 4.46. The van der Waals surface area contributed by atoms with Crippen LogP contribution in [0.2, 0.25) is 0 Å². The number of rotatable bonds is 5. The van der Waals surface area contributed by atoms with Crippen LogP contribution >= 0.6 is 0 Å². The van der Waals surface area contributed by atoms with E-state index in [-0.39, 0.29) is 0 Å². The summed E-state index contributed by atoms with van der Waals surface area (Å²) >= 11 is 0. The van der Waals surface area contributed by atoms with Crippen LogP contribution in [0.15, 0.2) is 0 Å². The molecule has 1 saturated carbocycles. The number of likely N-dealkylation sites (N-methyl/N-ethyl adjacent to an activating group) is 1. The Labute approximate surface area is 90.1 Å². The molecule has 1 atom stereocenters. The van der Waals surface area contributed by atoms with Gasteiger partial charge in [0.1, 0.15) is 0 Å². The normalized spacial score (nSPS) is 19.9. The molecule has 1 fully saturated rings. The smallest absolute Gasteiger partial charge is 0.0171 e. The van der Waals surface area contributed by atoms with Crippen LogP contribution in [0, 0.1) is 0 Å². The molecule has 1 N–H and O–H groups in total. The van der Waals surface area contributed by atoms with Gasteiger partial charge in [-0.15, -0.1) is 0 Å². The maximum Gasteiger partial charge on any atom is 0.0171 e. The predicted octanol–water partition coefficient (Wildman–Crippen LogP) is 2.49. The molecule has 0 saturated heterocycles. The molecular weight excluding hydrogens is 172 g/mol. The van der Waals surface area contributed by atoms with E-state index < -0.39 is 0 Å². The third-order valence-corrected chi connectivity index (χ3v) is 2.72. The van der Waals surface area contributed by atoms with Crippen molar-refractivity contribution in [2.45, 2.75) is 59.0 Å². The van der Waals surface area contributed by atoms with Crippen molar-refractivity contribution >= 4 is 0 Å². The molecule has 0 aromatic heterocycles. The minimum Gasteiger partial charge on any atom is -0.308 e. The van der Waals surface area contributed by atoms with E-state index in [1.807, 2.05) is 13.8 Å². The lowest BCUT2D eigenvalue weighted by atomic mass is 10.2. The van der Waals surface area contributed by atoms with E-state index in [9.17, 15) is 0 Å². The lowest BCUT2D eigenvalue weighted by molar-refractivity contribution is 0.295. The zero-order chi connectivity index (χ0) is 11.2. The molecule has 1 rings (SSSR count). The van der Waals surface area contributed by atoms with Crippen molar-refractivity contribution in [1.29, 1.82) is 0 Å². The predicted molar refractivity (Wildman–Crippen MR) is 64.8 cm³/mol. The van der Waals surface area contributed by atoms with Crippen LogP contribution in [0.1, 0.15) is 47.5 Å². The van der Waals surface area contributed by atoms with Crippen molar-refractivity contribution in [1.82, 2.24) is 10.2 Å². The highest BCUT2D eigenvalue weighted by Gasteiger charge is 2.37. The monoisotopic (exact) mass is 200 g/mol. The molecule has 14 heavy (non-hydrogen) atoms. The standard InChI is InChI=1S/C10H22N2.C2H6/c1-5-12(4)8-9(2)11-10(3)6-7-10;1-2/h9,11H,5-8H2,1-4H3;1-2H3. The minimum atomic E-state index is 0.480. The van der Waals surface area contributed by atoms with Crippen LogP contribution in [0.25, 0.3) is 0 Å². The van der Waals surface area contributed by atoms with E-state index in [0.29, 0.717) is 11.6 Å². The van der Waals surface area contributed by atoms with Gasteiger partial charge in [0, 0.05) is 18.1 Å². The van der Waals surface area contributed by atoms with Crippen molar-refractivity contribution < 1.29 is 0 Å². The molecule has 2 nitrogen and oxygen atoms in total. The summed E-state index contributed by atoms with van der Waals surface area (Å²) < 4.78 is 0. The Hall–Kier alpha value is -0.0800. The SMILES string of the molecule is CC.CCN(C)CC(C)NC1(C)CC1. The summed E-state index contributed by atoms with van der Waals surface area (Å²) in [5, 5.41) is 3.65. The molecule has 86 valence electrons. The summed E-state index contributed by atoms with van der Waals surface area (Å²) in [5.41, 5.74) is 0.480. The molecule has 1 aliphatic carbocycles. The van der Waals surface area contributed by atoms with Gasteiger partial charge in [0.05, 0.1) is 0 Å². The van der Waals surface area contributed by atoms with Gasteiger partial charge >= 0.3 is 0 Å². The fraction of sp³-hybridized carbons (Fsp3) is 1.00. The second kappa shape index (κ2) is 6.41. The van der Waals surface area contributed by atoms with Crippen LogP contribution in [0.5, 0.6) is 0 Å². The first-order chi connectivity index (χ1) is 6.56. The molecule has 0 aromatic rings. The van der Waals surface area contributed by atoms with E-state index in [2.05, 4.69) is 38.0 Å². The zero-order valence-corrected chi connectivity index (χ0v) is 10.9. The highest BCUT2D eigenvalue weighted by Crippen LogP contribution is 2.34. The average Bonchev–Trinajstić information content (AvgIpc) is 2.86. The number of hydrogen-bond acceptors (Lipinski definition) is 2. The number of nitrogens with zero attached hydrogens (tertiary/aromatic N) is 1. The Morgan fingerprint density at radius 2 is 1.86 bits per heavy atom. The second-order valence-electron chi connectivity index (χ2n) is 4.46. The Balaban J connectivity index is 0.000000791. The van der Waals surface area contributed by atoms with Gasteiger partial charge in [-0.2, -0.15) is 0 Å². The first kappa shape index (κ1) is 13.9. The van der Waals surface area contributed by atoms with Crippen LogP contribution in [0.3, 0.4) is 0 Å². The summed E-state index contributed by atoms with van der Waals surface area (Å²) in [6, 6.07) is 0.627. The molecule has 0 aromatic carbocycles.